The van der Waals surface area contributed by atoms with Crippen LogP contribution in [0.4, 0.5) is 8.78 Å². The number of nitrogens with zero attached hydrogens (tertiary/aromatic N) is 4. The molecule has 2 N–H and O–H groups in total. The zero-order valence-electron chi connectivity index (χ0n) is 20.1. The van der Waals surface area contributed by atoms with Gasteiger partial charge in [0.25, 0.3) is 0 Å². The standard InChI is InChI=1S/C27H25F2N5O2/c1-26(2,30)23-31-12-15(13-32-23)14-7-8-17-18(9-14)34-19-10-27(3,24(34)33-17)11-20(35)16-5-4-6-21(22(16)19)36-25(28)29/h4-9,12-13,19,25H,10-11,30H2,1-3H3/t19-,27+/m1/s1. The lowest BCUT2D eigenvalue weighted by atomic mass is 9.82. The van der Waals surface area contributed by atoms with E-state index in [9.17, 15) is 13.6 Å². The van der Waals surface area contributed by atoms with Crippen molar-refractivity contribution in [2.24, 2.45) is 5.73 Å². The van der Waals surface area contributed by atoms with Gasteiger partial charge in [-0.15, -0.1) is 0 Å². The Kier molecular flexibility index (Phi) is 4.82. The van der Waals surface area contributed by atoms with Gasteiger partial charge in [-0.2, -0.15) is 8.78 Å². The highest BCUT2D eigenvalue weighted by molar-refractivity contribution is 6.00. The first-order valence-electron chi connectivity index (χ1n) is 11.8. The number of hydrogen-bond donors (Lipinski definition) is 1. The molecule has 1 aliphatic carbocycles. The number of carbonyl (C=O) groups is 1. The molecule has 0 spiro atoms. The number of alkyl halides is 2. The number of aromatic nitrogens is 4. The second kappa shape index (κ2) is 7.64. The Morgan fingerprint density at radius 3 is 2.61 bits per heavy atom. The number of ether oxygens (including phenoxy) is 1. The Morgan fingerprint density at radius 1 is 1.17 bits per heavy atom. The normalized spacial score (nSPS) is 21.0. The average molecular weight is 490 g/mol. The summed E-state index contributed by atoms with van der Waals surface area (Å²) in [6, 6.07) is 10.3. The van der Waals surface area contributed by atoms with Crippen LogP contribution >= 0.6 is 0 Å². The van der Waals surface area contributed by atoms with Gasteiger partial charge >= 0.3 is 6.61 Å². The van der Waals surface area contributed by atoms with Gasteiger partial charge in [0.2, 0.25) is 0 Å². The number of halogens is 2. The van der Waals surface area contributed by atoms with Gasteiger partial charge in [0.05, 0.1) is 22.6 Å². The maximum Gasteiger partial charge on any atom is 0.387 e. The van der Waals surface area contributed by atoms with E-state index in [-0.39, 0.29) is 24.0 Å². The first-order valence-corrected chi connectivity index (χ1v) is 11.8. The highest BCUT2D eigenvalue weighted by Gasteiger charge is 2.49. The molecule has 4 aromatic rings. The summed E-state index contributed by atoms with van der Waals surface area (Å²) in [6.07, 6.45) is 4.30. The smallest absolute Gasteiger partial charge is 0.387 e. The molecular weight excluding hydrogens is 464 g/mol. The van der Waals surface area contributed by atoms with Crippen LogP contribution in [0, 0.1) is 0 Å². The van der Waals surface area contributed by atoms with Crippen molar-refractivity contribution in [2.45, 2.75) is 57.2 Å². The predicted molar refractivity (Wildman–Crippen MR) is 130 cm³/mol. The monoisotopic (exact) mass is 489 g/mol. The molecule has 9 heteroatoms. The molecule has 0 amide bonds. The van der Waals surface area contributed by atoms with Crippen LogP contribution in [-0.2, 0) is 11.0 Å². The molecule has 0 saturated heterocycles. The Hall–Kier alpha value is -3.72. The van der Waals surface area contributed by atoms with E-state index in [0.29, 0.717) is 23.4 Å². The fourth-order valence-corrected chi connectivity index (χ4v) is 5.59. The van der Waals surface area contributed by atoms with E-state index in [1.165, 1.54) is 6.07 Å². The van der Waals surface area contributed by atoms with Crippen LogP contribution in [-0.4, -0.2) is 31.9 Å². The van der Waals surface area contributed by atoms with Crippen molar-refractivity contribution in [3.8, 4) is 16.9 Å². The summed E-state index contributed by atoms with van der Waals surface area (Å²) in [5.41, 5.74) is 9.20. The van der Waals surface area contributed by atoms with Crippen LogP contribution < -0.4 is 10.5 Å². The average Bonchev–Trinajstić information content (AvgIpc) is 3.29. The number of carbonyl (C=O) groups excluding carboxylic acids is 1. The lowest BCUT2D eigenvalue weighted by Gasteiger charge is -2.22. The molecule has 0 unspecified atom stereocenters. The van der Waals surface area contributed by atoms with Crippen LogP contribution in [0.15, 0.2) is 48.8 Å². The quantitative estimate of drug-likeness (QED) is 0.427. The molecule has 0 fully saturated rings. The third-order valence-corrected chi connectivity index (χ3v) is 7.21. The minimum atomic E-state index is -2.99. The van der Waals surface area contributed by atoms with E-state index in [1.54, 1.807) is 24.5 Å². The van der Waals surface area contributed by atoms with Crippen molar-refractivity contribution in [1.29, 1.82) is 0 Å². The van der Waals surface area contributed by atoms with Gasteiger partial charge in [-0.25, -0.2) is 15.0 Å². The van der Waals surface area contributed by atoms with Gasteiger partial charge in [0, 0.05) is 40.9 Å². The number of imidazole rings is 1. The molecular formula is C27H25F2N5O2. The number of Topliss-reactive ketones (excluding diaryl/α,β-unsaturated/α-hetero) is 1. The van der Waals surface area contributed by atoms with Gasteiger partial charge in [-0.3, -0.25) is 4.79 Å². The van der Waals surface area contributed by atoms with Crippen LogP contribution in [0.2, 0.25) is 0 Å². The minimum Gasteiger partial charge on any atom is -0.434 e. The lowest BCUT2D eigenvalue weighted by Crippen LogP contribution is -2.31. The molecule has 184 valence electrons. The Labute approximate surface area is 206 Å². The third-order valence-electron chi connectivity index (χ3n) is 7.21. The van der Waals surface area contributed by atoms with E-state index in [1.807, 2.05) is 39.0 Å². The van der Waals surface area contributed by atoms with Gasteiger partial charge in [-0.1, -0.05) is 25.1 Å². The molecule has 3 heterocycles. The fourth-order valence-electron chi connectivity index (χ4n) is 5.59. The SMILES string of the molecule is CC(C)(N)c1ncc(-c2ccc3nc4n(c3c2)[C@@H]2C[C@@]4(C)CC(=O)c3cccc(OC(F)F)c32)cn1. The summed E-state index contributed by atoms with van der Waals surface area (Å²) in [5.74, 6) is 1.27. The number of ketones is 1. The summed E-state index contributed by atoms with van der Waals surface area (Å²) < 4.78 is 33.6. The van der Waals surface area contributed by atoms with Crippen molar-refractivity contribution in [1.82, 2.24) is 19.5 Å². The van der Waals surface area contributed by atoms with Crippen LogP contribution in [0.5, 0.6) is 5.75 Å². The van der Waals surface area contributed by atoms with Crippen molar-refractivity contribution in [2.75, 3.05) is 0 Å². The third kappa shape index (κ3) is 3.41. The molecule has 1 aliphatic heterocycles. The minimum absolute atomic E-state index is 0.0318. The number of nitrogens with two attached hydrogens (primary N) is 1. The Bertz CT molecular complexity index is 1520. The van der Waals surface area contributed by atoms with Gasteiger partial charge in [-0.05, 0) is 44.0 Å². The number of rotatable bonds is 4. The number of benzene rings is 2. The second-order valence-corrected chi connectivity index (χ2v) is 10.5. The summed E-state index contributed by atoms with van der Waals surface area (Å²) in [4.78, 5) is 27.0. The van der Waals surface area contributed by atoms with Crippen molar-refractivity contribution >= 4 is 16.8 Å². The molecule has 0 radical (unpaired) electrons. The zero-order valence-corrected chi connectivity index (χ0v) is 20.1. The molecule has 2 aliphatic rings. The molecule has 0 saturated carbocycles. The van der Waals surface area contributed by atoms with E-state index < -0.39 is 17.6 Å². The van der Waals surface area contributed by atoms with Crippen LogP contribution in [0.3, 0.4) is 0 Å². The van der Waals surface area contributed by atoms with Crippen molar-refractivity contribution < 1.29 is 18.3 Å². The second-order valence-electron chi connectivity index (χ2n) is 10.5. The molecule has 6 rings (SSSR count). The first kappa shape index (κ1) is 22.7. The van der Waals surface area contributed by atoms with Gasteiger partial charge in [0.15, 0.2) is 5.78 Å². The van der Waals surface area contributed by atoms with Crippen molar-refractivity contribution in [3.63, 3.8) is 0 Å². The molecule has 7 nitrogen and oxygen atoms in total. The molecule has 2 bridgehead atoms. The molecule has 2 atom stereocenters. The zero-order chi connectivity index (χ0) is 25.4. The van der Waals surface area contributed by atoms with E-state index in [4.69, 9.17) is 15.5 Å². The molecule has 2 aromatic heterocycles. The Morgan fingerprint density at radius 2 is 1.92 bits per heavy atom. The van der Waals surface area contributed by atoms with Crippen molar-refractivity contribution in [3.05, 3.63) is 71.6 Å². The van der Waals surface area contributed by atoms with Crippen LogP contribution in [0.25, 0.3) is 22.2 Å². The fraction of sp³-hybridized carbons (Fsp3) is 0.333. The molecule has 2 aromatic carbocycles. The summed E-state index contributed by atoms with van der Waals surface area (Å²) >= 11 is 0. The molecule has 36 heavy (non-hydrogen) atoms. The summed E-state index contributed by atoms with van der Waals surface area (Å²) in [7, 11) is 0. The van der Waals surface area contributed by atoms with Crippen LogP contribution in [0.1, 0.15) is 67.2 Å². The Balaban J connectivity index is 1.53. The first-order chi connectivity index (χ1) is 17.0. The highest BCUT2D eigenvalue weighted by atomic mass is 19.3. The summed E-state index contributed by atoms with van der Waals surface area (Å²) in [5, 5.41) is 0. The van der Waals surface area contributed by atoms with E-state index in [0.717, 1.165) is 28.0 Å². The van der Waals surface area contributed by atoms with E-state index in [2.05, 4.69) is 14.5 Å². The van der Waals surface area contributed by atoms with Gasteiger partial charge < -0.3 is 15.0 Å². The highest BCUT2D eigenvalue weighted by Crippen LogP contribution is 2.53. The summed E-state index contributed by atoms with van der Waals surface area (Å²) in [6.45, 7) is 2.72. The lowest BCUT2D eigenvalue weighted by molar-refractivity contribution is -0.0507. The maximum atomic E-state index is 13.3. The predicted octanol–water partition coefficient (Wildman–Crippen LogP) is 5.13. The number of hydrogen-bond acceptors (Lipinski definition) is 6. The van der Waals surface area contributed by atoms with Gasteiger partial charge in [0.1, 0.15) is 17.4 Å². The maximum absolute atomic E-state index is 13.3. The largest absolute Gasteiger partial charge is 0.434 e. The van der Waals surface area contributed by atoms with E-state index >= 15 is 0 Å². The number of fused-ring (bicyclic) bond motifs is 9. The topological polar surface area (TPSA) is 95.9 Å².